The molecule has 1 aliphatic heterocycles. The fourth-order valence-electron chi connectivity index (χ4n) is 2.57. The number of rotatable bonds is 5. The van der Waals surface area contributed by atoms with E-state index in [-0.39, 0.29) is 0 Å². The average Bonchev–Trinajstić information content (AvgIpc) is 2.91. The summed E-state index contributed by atoms with van der Waals surface area (Å²) in [6.45, 7) is 4.07. The molecule has 1 saturated carbocycles. The summed E-state index contributed by atoms with van der Waals surface area (Å²) in [5.74, 6) is 1.91. The Morgan fingerprint density at radius 1 is 1.47 bits per heavy atom. The van der Waals surface area contributed by atoms with E-state index in [1.54, 1.807) is 0 Å². The minimum absolute atomic E-state index is 0.732. The fraction of sp³-hybridized carbons (Fsp3) is 0.769. The van der Waals surface area contributed by atoms with Gasteiger partial charge in [-0.1, -0.05) is 0 Å². The second kappa shape index (κ2) is 4.78. The van der Waals surface area contributed by atoms with E-state index in [4.69, 9.17) is 4.74 Å². The van der Waals surface area contributed by atoms with Gasteiger partial charge in [0.1, 0.15) is 5.82 Å². The summed E-state index contributed by atoms with van der Waals surface area (Å²) in [6.07, 6.45) is 7.86. The predicted molar refractivity (Wildman–Crippen MR) is 65.6 cm³/mol. The number of nitrogens with zero attached hydrogens (tertiary/aromatic N) is 3. The van der Waals surface area contributed by atoms with Gasteiger partial charge in [-0.3, -0.25) is 4.90 Å². The van der Waals surface area contributed by atoms with Crippen LogP contribution in [0.2, 0.25) is 0 Å². The molecule has 0 spiro atoms. The van der Waals surface area contributed by atoms with Crippen LogP contribution in [-0.4, -0.2) is 40.3 Å². The molecule has 1 aromatic heterocycles. The van der Waals surface area contributed by atoms with E-state index >= 15 is 0 Å². The maximum Gasteiger partial charge on any atom is 0.122 e. The third-order valence-electron chi connectivity index (χ3n) is 3.85. The van der Waals surface area contributed by atoms with Crippen molar-refractivity contribution in [1.82, 2.24) is 14.5 Å². The summed E-state index contributed by atoms with van der Waals surface area (Å²) in [6, 6.07) is 0.798. The SMILES string of the molecule is Cn1ccnc1CN(C[C@@H]1CCOC1)C1CC1. The van der Waals surface area contributed by atoms with Crippen molar-refractivity contribution in [3.63, 3.8) is 0 Å². The molecule has 0 aromatic carbocycles. The highest BCUT2D eigenvalue weighted by molar-refractivity contribution is 4.95. The summed E-state index contributed by atoms with van der Waals surface area (Å²) in [7, 11) is 2.08. The fourth-order valence-corrected chi connectivity index (χ4v) is 2.57. The van der Waals surface area contributed by atoms with Gasteiger partial charge in [0.2, 0.25) is 0 Å². The standard InChI is InChI=1S/C13H21N3O/c1-15-6-5-14-13(15)9-16(12-2-3-12)8-11-4-7-17-10-11/h5-6,11-12H,2-4,7-10H2,1H3/t11-/m0/s1. The molecule has 0 bridgehead atoms. The number of hydrogen-bond acceptors (Lipinski definition) is 3. The highest BCUT2D eigenvalue weighted by atomic mass is 16.5. The van der Waals surface area contributed by atoms with Crippen molar-refractivity contribution >= 4 is 0 Å². The molecule has 4 heteroatoms. The topological polar surface area (TPSA) is 30.3 Å². The second-order valence-electron chi connectivity index (χ2n) is 5.34. The predicted octanol–water partition coefficient (Wildman–Crippen LogP) is 1.42. The smallest absolute Gasteiger partial charge is 0.122 e. The largest absolute Gasteiger partial charge is 0.381 e. The molecular weight excluding hydrogens is 214 g/mol. The molecule has 4 nitrogen and oxygen atoms in total. The van der Waals surface area contributed by atoms with Crippen LogP contribution in [0, 0.1) is 5.92 Å². The van der Waals surface area contributed by atoms with Gasteiger partial charge >= 0.3 is 0 Å². The van der Waals surface area contributed by atoms with Gasteiger partial charge in [-0.15, -0.1) is 0 Å². The van der Waals surface area contributed by atoms with Crippen LogP contribution >= 0.6 is 0 Å². The van der Waals surface area contributed by atoms with Crippen LogP contribution in [0.3, 0.4) is 0 Å². The van der Waals surface area contributed by atoms with E-state index in [0.717, 1.165) is 31.7 Å². The molecule has 1 aromatic rings. The van der Waals surface area contributed by atoms with E-state index in [9.17, 15) is 0 Å². The first-order chi connectivity index (χ1) is 8.33. The molecule has 0 N–H and O–H groups in total. The van der Waals surface area contributed by atoms with Crippen molar-refractivity contribution < 1.29 is 4.74 Å². The zero-order valence-electron chi connectivity index (χ0n) is 10.5. The van der Waals surface area contributed by atoms with E-state index in [1.165, 1.54) is 31.6 Å². The van der Waals surface area contributed by atoms with Crippen molar-refractivity contribution in [3.8, 4) is 0 Å². The van der Waals surface area contributed by atoms with Gasteiger partial charge < -0.3 is 9.30 Å². The second-order valence-corrected chi connectivity index (χ2v) is 5.34. The van der Waals surface area contributed by atoms with Crippen molar-refractivity contribution in [2.45, 2.75) is 31.8 Å². The van der Waals surface area contributed by atoms with Crippen molar-refractivity contribution in [3.05, 3.63) is 18.2 Å². The molecule has 3 rings (SSSR count). The molecule has 17 heavy (non-hydrogen) atoms. The quantitative estimate of drug-likeness (QED) is 0.773. The Hall–Kier alpha value is -0.870. The summed E-state index contributed by atoms with van der Waals surface area (Å²) in [4.78, 5) is 7.03. The number of aromatic nitrogens is 2. The molecule has 1 saturated heterocycles. The lowest BCUT2D eigenvalue weighted by atomic mass is 10.1. The Balaban J connectivity index is 1.61. The zero-order chi connectivity index (χ0) is 11.7. The summed E-state index contributed by atoms with van der Waals surface area (Å²) < 4.78 is 7.60. The molecule has 1 aliphatic carbocycles. The van der Waals surface area contributed by atoms with Crippen LogP contribution < -0.4 is 0 Å². The van der Waals surface area contributed by atoms with Crippen LogP contribution in [0.5, 0.6) is 0 Å². The molecule has 0 unspecified atom stereocenters. The Kier molecular flexibility index (Phi) is 3.16. The van der Waals surface area contributed by atoms with Gasteiger partial charge in [0.15, 0.2) is 0 Å². The number of aryl methyl sites for hydroxylation is 1. The average molecular weight is 235 g/mol. The van der Waals surface area contributed by atoms with E-state index < -0.39 is 0 Å². The highest BCUT2D eigenvalue weighted by Gasteiger charge is 2.32. The van der Waals surface area contributed by atoms with Gasteiger partial charge in [0, 0.05) is 38.6 Å². The van der Waals surface area contributed by atoms with Crippen molar-refractivity contribution in [2.24, 2.45) is 13.0 Å². The van der Waals surface area contributed by atoms with Gasteiger partial charge in [-0.25, -0.2) is 4.98 Å². The first-order valence-corrected chi connectivity index (χ1v) is 6.61. The van der Waals surface area contributed by atoms with Crippen LogP contribution in [0.1, 0.15) is 25.1 Å². The minimum Gasteiger partial charge on any atom is -0.381 e. The lowest BCUT2D eigenvalue weighted by Crippen LogP contribution is -2.32. The van der Waals surface area contributed by atoms with E-state index in [0.29, 0.717) is 0 Å². The summed E-state index contributed by atoms with van der Waals surface area (Å²) in [5.41, 5.74) is 0. The Morgan fingerprint density at radius 3 is 2.94 bits per heavy atom. The monoisotopic (exact) mass is 235 g/mol. The van der Waals surface area contributed by atoms with Crippen LogP contribution in [0.4, 0.5) is 0 Å². The van der Waals surface area contributed by atoms with Gasteiger partial charge in [-0.2, -0.15) is 0 Å². The molecule has 0 amide bonds. The summed E-state index contributed by atoms with van der Waals surface area (Å²) >= 11 is 0. The molecule has 2 heterocycles. The molecule has 2 fully saturated rings. The first-order valence-electron chi connectivity index (χ1n) is 6.61. The number of ether oxygens (including phenoxy) is 1. The number of hydrogen-bond donors (Lipinski definition) is 0. The van der Waals surface area contributed by atoms with Gasteiger partial charge in [-0.05, 0) is 25.2 Å². The lowest BCUT2D eigenvalue weighted by molar-refractivity contribution is 0.159. The third-order valence-corrected chi connectivity index (χ3v) is 3.85. The highest BCUT2D eigenvalue weighted by Crippen LogP contribution is 2.30. The maximum absolute atomic E-state index is 5.47. The Bertz CT molecular complexity index is 366. The molecule has 2 aliphatic rings. The van der Waals surface area contributed by atoms with Crippen LogP contribution in [0.15, 0.2) is 12.4 Å². The van der Waals surface area contributed by atoms with E-state index in [1.807, 2.05) is 12.4 Å². The molecule has 0 radical (unpaired) electrons. The Morgan fingerprint density at radius 2 is 2.35 bits per heavy atom. The summed E-state index contributed by atoms with van der Waals surface area (Å²) in [5, 5.41) is 0. The molecular formula is C13H21N3O. The normalized spacial score (nSPS) is 24.7. The van der Waals surface area contributed by atoms with Crippen LogP contribution in [0.25, 0.3) is 0 Å². The maximum atomic E-state index is 5.47. The van der Waals surface area contributed by atoms with Crippen LogP contribution in [-0.2, 0) is 18.3 Å². The lowest BCUT2D eigenvalue weighted by Gasteiger charge is -2.24. The van der Waals surface area contributed by atoms with Gasteiger partial charge in [0.05, 0.1) is 13.2 Å². The van der Waals surface area contributed by atoms with Crippen molar-refractivity contribution in [1.29, 1.82) is 0 Å². The zero-order valence-corrected chi connectivity index (χ0v) is 10.5. The number of imidazole rings is 1. The molecule has 94 valence electrons. The van der Waals surface area contributed by atoms with E-state index in [2.05, 4.69) is 21.5 Å². The third kappa shape index (κ3) is 2.69. The first kappa shape index (κ1) is 11.2. The Labute approximate surface area is 103 Å². The van der Waals surface area contributed by atoms with Crippen molar-refractivity contribution in [2.75, 3.05) is 19.8 Å². The minimum atomic E-state index is 0.732. The molecule has 1 atom stereocenters. The van der Waals surface area contributed by atoms with Gasteiger partial charge in [0.25, 0.3) is 0 Å².